The average molecular weight is 439 g/mol. The van der Waals surface area contributed by atoms with Gasteiger partial charge in [0.05, 0.1) is 31.2 Å². The molecule has 0 amide bonds. The van der Waals surface area contributed by atoms with Gasteiger partial charge in [-0.05, 0) is 44.5 Å². The third kappa shape index (κ3) is 6.37. The molecule has 0 unspecified atom stereocenters. The van der Waals surface area contributed by atoms with E-state index in [0.29, 0.717) is 17.3 Å². The number of nitrogens with two attached hydrogens (primary N) is 1. The summed E-state index contributed by atoms with van der Waals surface area (Å²) in [4.78, 5) is 5.58. The van der Waals surface area contributed by atoms with Gasteiger partial charge in [-0.25, -0.2) is 18.1 Å². The van der Waals surface area contributed by atoms with Crippen LogP contribution in [0.1, 0.15) is 35.3 Å². The van der Waals surface area contributed by atoms with Gasteiger partial charge in [0.15, 0.2) is 0 Å². The van der Waals surface area contributed by atoms with Gasteiger partial charge in [0, 0.05) is 17.6 Å². The van der Waals surface area contributed by atoms with Gasteiger partial charge in [0.1, 0.15) is 0 Å². The Morgan fingerprint density at radius 1 is 1.32 bits per heavy atom. The van der Waals surface area contributed by atoms with E-state index in [0.717, 1.165) is 34.1 Å². The van der Waals surface area contributed by atoms with E-state index in [1.165, 1.54) is 11.8 Å². The van der Waals surface area contributed by atoms with Gasteiger partial charge < -0.3 is 11.1 Å². The SMILES string of the molecule is C=C(Nc1ccc(S(=O)(=O)NCCCC)cc1)S/C=C(\N)c1sc(C)nc1C. The highest BCUT2D eigenvalue weighted by Gasteiger charge is 2.13. The molecule has 1 aromatic heterocycles. The van der Waals surface area contributed by atoms with Crippen LogP contribution in [0.3, 0.4) is 0 Å². The van der Waals surface area contributed by atoms with Gasteiger partial charge in [-0.3, -0.25) is 0 Å². The van der Waals surface area contributed by atoms with Crippen molar-refractivity contribution in [3.05, 3.63) is 56.9 Å². The molecule has 0 atom stereocenters. The minimum atomic E-state index is -3.47. The van der Waals surface area contributed by atoms with Gasteiger partial charge in [-0.15, -0.1) is 11.3 Å². The molecule has 0 aliphatic carbocycles. The first-order chi connectivity index (χ1) is 13.2. The minimum absolute atomic E-state index is 0.243. The molecule has 0 aliphatic heterocycles. The summed E-state index contributed by atoms with van der Waals surface area (Å²) in [6.07, 6.45) is 1.75. The van der Waals surface area contributed by atoms with Gasteiger partial charge in [0.25, 0.3) is 0 Å². The van der Waals surface area contributed by atoms with Crippen LogP contribution in [0, 0.1) is 13.8 Å². The molecule has 6 nitrogen and oxygen atoms in total. The van der Waals surface area contributed by atoms with Crippen molar-refractivity contribution in [1.29, 1.82) is 0 Å². The summed E-state index contributed by atoms with van der Waals surface area (Å²) >= 11 is 2.93. The van der Waals surface area contributed by atoms with Crippen LogP contribution in [0.5, 0.6) is 0 Å². The first-order valence-electron chi connectivity index (χ1n) is 8.85. The highest BCUT2D eigenvalue weighted by atomic mass is 32.2. The van der Waals surface area contributed by atoms with Crippen LogP contribution in [-0.2, 0) is 10.0 Å². The molecule has 0 bridgehead atoms. The molecule has 0 saturated heterocycles. The Labute approximate surface area is 175 Å². The van der Waals surface area contributed by atoms with E-state index in [1.54, 1.807) is 35.6 Å². The maximum atomic E-state index is 12.2. The van der Waals surface area contributed by atoms with E-state index in [-0.39, 0.29) is 4.90 Å². The summed E-state index contributed by atoms with van der Waals surface area (Å²) in [7, 11) is -3.47. The maximum absolute atomic E-state index is 12.2. The first kappa shape index (κ1) is 22.5. The van der Waals surface area contributed by atoms with Crippen molar-refractivity contribution in [3.8, 4) is 0 Å². The Morgan fingerprint density at radius 2 is 2.00 bits per heavy atom. The van der Waals surface area contributed by atoms with Crippen molar-refractivity contribution in [1.82, 2.24) is 9.71 Å². The summed E-state index contributed by atoms with van der Waals surface area (Å²) in [5.74, 6) is 0. The Morgan fingerprint density at radius 3 is 2.57 bits per heavy atom. The smallest absolute Gasteiger partial charge is 0.240 e. The van der Waals surface area contributed by atoms with Crippen molar-refractivity contribution >= 4 is 44.5 Å². The summed E-state index contributed by atoms with van der Waals surface area (Å²) in [5.41, 5.74) is 8.45. The highest BCUT2D eigenvalue weighted by Crippen LogP contribution is 2.27. The van der Waals surface area contributed by atoms with Crippen LogP contribution in [-0.4, -0.2) is 19.9 Å². The number of hydrogen-bond acceptors (Lipinski definition) is 7. The molecule has 1 heterocycles. The molecule has 9 heteroatoms. The Hall–Kier alpha value is -1.81. The number of thioether (sulfide) groups is 1. The molecule has 2 aromatic rings. The second-order valence-corrected chi connectivity index (χ2v) is 10.1. The van der Waals surface area contributed by atoms with E-state index in [1.807, 2.05) is 26.2 Å². The molecule has 0 aliphatic rings. The van der Waals surface area contributed by atoms with Crippen LogP contribution in [0.2, 0.25) is 0 Å². The molecule has 0 saturated carbocycles. The lowest BCUT2D eigenvalue weighted by Gasteiger charge is -2.10. The number of nitrogens with zero attached hydrogens (tertiary/aromatic N) is 1. The second kappa shape index (κ2) is 10.1. The first-order valence-corrected chi connectivity index (χ1v) is 12.0. The van der Waals surface area contributed by atoms with E-state index >= 15 is 0 Å². The van der Waals surface area contributed by atoms with Crippen molar-refractivity contribution in [2.75, 3.05) is 11.9 Å². The Bertz CT molecular complexity index is 948. The molecule has 0 spiro atoms. The number of aromatic nitrogens is 1. The number of hydrogen-bond donors (Lipinski definition) is 3. The van der Waals surface area contributed by atoms with E-state index < -0.39 is 10.0 Å². The number of anilines is 1. The van der Waals surface area contributed by atoms with Gasteiger partial charge >= 0.3 is 0 Å². The lowest BCUT2D eigenvalue weighted by atomic mass is 10.3. The van der Waals surface area contributed by atoms with E-state index in [4.69, 9.17) is 5.73 Å². The lowest BCUT2D eigenvalue weighted by Crippen LogP contribution is -2.24. The van der Waals surface area contributed by atoms with Gasteiger partial charge in [-0.2, -0.15) is 0 Å². The predicted octanol–water partition coefficient (Wildman–Crippen LogP) is 4.41. The number of unbranched alkanes of at least 4 members (excludes halogenated alkanes) is 1. The quantitative estimate of drug-likeness (QED) is 0.475. The number of thiazole rings is 1. The zero-order valence-corrected chi connectivity index (χ0v) is 18.7. The molecule has 152 valence electrons. The summed E-state index contributed by atoms with van der Waals surface area (Å²) < 4.78 is 27.0. The largest absolute Gasteiger partial charge is 0.397 e. The molecule has 4 N–H and O–H groups in total. The van der Waals surface area contributed by atoms with Crippen molar-refractivity contribution in [2.24, 2.45) is 5.73 Å². The van der Waals surface area contributed by atoms with Gasteiger partial charge in [0.2, 0.25) is 10.0 Å². The van der Waals surface area contributed by atoms with Crippen LogP contribution < -0.4 is 15.8 Å². The molecule has 0 fully saturated rings. The van der Waals surface area contributed by atoms with Crippen LogP contribution in [0.15, 0.2) is 46.2 Å². The maximum Gasteiger partial charge on any atom is 0.240 e. The van der Waals surface area contributed by atoms with Crippen LogP contribution in [0.4, 0.5) is 5.69 Å². The topological polar surface area (TPSA) is 97.1 Å². The molecule has 0 radical (unpaired) electrons. The average Bonchev–Trinajstić information content (AvgIpc) is 2.98. The summed E-state index contributed by atoms with van der Waals surface area (Å²) in [5, 5.41) is 6.62. The zero-order chi connectivity index (χ0) is 20.7. The normalized spacial score (nSPS) is 12.2. The van der Waals surface area contributed by atoms with Crippen LogP contribution in [0.25, 0.3) is 5.70 Å². The molecular formula is C19H26N4O2S3. The van der Waals surface area contributed by atoms with E-state index in [2.05, 4.69) is 21.6 Å². The third-order valence-corrected chi connectivity index (χ3v) is 7.12. The minimum Gasteiger partial charge on any atom is -0.397 e. The molecule has 1 aromatic carbocycles. The molecular weight excluding hydrogens is 412 g/mol. The number of nitrogens with one attached hydrogen (secondary N) is 2. The molecule has 2 rings (SSSR count). The number of sulfonamides is 1. The van der Waals surface area contributed by atoms with Crippen LogP contribution >= 0.6 is 23.1 Å². The second-order valence-electron chi connectivity index (χ2n) is 6.16. The fourth-order valence-corrected chi connectivity index (χ4v) is 4.92. The monoisotopic (exact) mass is 438 g/mol. The fourth-order valence-electron chi connectivity index (χ4n) is 2.36. The highest BCUT2D eigenvalue weighted by molar-refractivity contribution is 8.06. The van der Waals surface area contributed by atoms with Gasteiger partial charge in [-0.1, -0.05) is 31.7 Å². The third-order valence-electron chi connectivity index (χ3n) is 3.76. The standard InChI is InChI=1S/C19H26N4O2S3/c1-5-6-11-21-28(24,25)17-9-7-16(8-10-17)23-14(3)26-12-18(20)19-13(2)22-15(4)27-19/h7-10,12,21,23H,3,5-6,11,20H2,1-2,4H3/b18-12-. The van der Waals surface area contributed by atoms with Crippen molar-refractivity contribution in [3.63, 3.8) is 0 Å². The summed E-state index contributed by atoms with van der Waals surface area (Å²) in [6.45, 7) is 10.3. The Balaban J connectivity index is 1.95. The lowest BCUT2D eigenvalue weighted by molar-refractivity contribution is 0.578. The predicted molar refractivity (Wildman–Crippen MR) is 121 cm³/mol. The fraction of sp³-hybridized carbons (Fsp3) is 0.316. The number of benzene rings is 1. The zero-order valence-electron chi connectivity index (χ0n) is 16.3. The molecule has 28 heavy (non-hydrogen) atoms. The van der Waals surface area contributed by atoms with Crippen molar-refractivity contribution in [2.45, 2.75) is 38.5 Å². The summed E-state index contributed by atoms with van der Waals surface area (Å²) in [6, 6.07) is 6.57. The Kier molecular flexibility index (Phi) is 8.11. The van der Waals surface area contributed by atoms with Crippen molar-refractivity contribution < 1.29 is 8.42 Å². The number of rotatable bonds is 10. The van der Waals surface area contributed by atoms with E-state index in [9.17, 15) is 8.42 Å². The number of aryl methyl sites for hydroxylation is 2.